The maximum atomic E-state index is 12.4. The van der Waals surface area contributed by atoms with E-state index in [1.54, 1.807) is 17.8 Å². The van der Waals surface area contributed by atoms with Crippen LogP contribution in [0.15, 0.2) is 34.2 Å². The lowest BCUT2D eigenvalue weighted by Gasteiger charge is -2.29. The van der Waals surface area contributed by atoms with Crippen LogP contribution >= 0.6 is 0 Å². The van der Waals surface area contributed by atoms with Gasteiger partial charge >= 0.3 is 0 Å². The molecule has 0 bridgehead atoms. The van der Waals surface area contributed by atoms with Crippen LogP contribution in [0.1, 0.15) is 56.2 Å². The van der Waals surface area contributed by atoms with Crippen LogP contribution in [0.3, 0.4) is 0 Å². The van der Waals surface area contributed by atoms with Gasteiger partial charge in [-0.25, -0.2) is 17.8 Å². The Morgan fingerprint density at radius 2 is 1.85 bits per heavy atom. The lowest BCUT2D eigenvalue weighted by atomic mass is 9.92. The summed E-state index contributed by atoms with van der Waals surface area (Å²) >= 11 is 0. The molecule has 0 unspecified atom stereocenters. The van der Waals surface area contributed by atoms with E-state index in [4.69, 9.17) is 0 Å². The van der Waals surface area contributed by atoms with E-state index in [9.17, 15) is 13.2 Å². The van der Waals surface area contributed by atoms with Crippen LogP contribution in [0.4, 0.5) is 0 Å². The van der Waals surface area contributed by atoms with Gasteiger partial charge in [0.05, 0.1) is 17.9 Å². The van der Waals surface area contributed by atoms with Gasteiger partial charge in [0.15, 0.2) is 0 Å². The van der Waals surface area contributed by atoms with Crippen molar-refractivity contribution in [2.75, 3.05) is 0 Å². The van der Waals surface area contributed by atoms with Crippen molar-refractivity contribution >= 4 is 10.0 Å². The summed E-state index contributed by atoms with van der Waals surface area (Å²) in [6.45, 7) is 0. The lowest BCUT2D eigenvalue weighted by Crippen LogP contribution is -2.39. The van der Waals surface area contributed by atoms with E-state index in [1.807, 2.05) is 6.07 Å². The van der Waals surface area contributed by atoms with Crippen molar-refractivity contribution in [3.05, 3.63) is 40.6 Å². The van der Waals surface area contributed by atoms with E-state index in [-0.39, 0.29) is 22.5 Å². The highest BCUT2D eigenvalue weighted by atomic mass is 32.2. The Kier molecular flexibility index (Phi) is 4.44. The number of hydrogen-bond donors (Lipinski definition) is 1. The largest absolute Gasteiger partial charge is 0.274 e. The third-order valence-electron chi connectivity index (χ3n) is 5.20. The molecule has 0 radical (unpaired) electrons. The average Bonchev–Trinajstić information content (AvgIpc) is 3.36. The molecule has 0 atom stereocenters. The second-order valence-corrected chi connectivity index (χ2v) is 9.01. The first kappa shape index (κ1) is 17.4. The maximum Gasteiger partial charge on any atom is 0.267 e. The van der Waals surface area contributed by atoms with E-state index >= 15 is 0 Å². The molecule has 0 saturated heterocycles. The summed E-state index contributed by atoms with van der Waals surface area (Å²) < 4.78 is 30.7. The quantitative estimate of drug-likeness (QED) is 0.847. The van der Waals surface area contributed by atoms with Crippen molar-refractivity contribution in [1.29, 1.82) is 0 Å². The van der Waals surface area contributed by atoms with Crippen LogP contribution in [0.25, 0.3) is 0 Å². The van der Waals surface area contributed by atoms with E-state index in [0.717, 1.165) is 31.4 Å². The van der Waals surface area contributed by atoms with Crippen LogP contribution in [-0.4, -0.2) is 34.0 Å². The molecule has 140 valence electrons. The number of hydrogen-bond acceptors (Lipinski definition) is 5. The second kappa shape index (κ2) is 6.62. The fourth-order valence-electron chi connectivity index (χ4n) is 3.56. The van der Waals surface area contributed by atoms with Crippen LogP contribution in [0, 0.1) is 0 Å². The molecule has 1 N–H and O–H groups in total. The smallest absolute Gasteiger partial charge is 0.267 e. The molecule has 2 aliphatic carbocycles. The Balaban J connectivity index is 1.41. The fraction of sp³-hybridized carbons (Fsp3) is 0.588. The topological polar surface area (TPSA) is 98.9 Å². The van der Waals surface area contributed by atoms with Crippen LogP contribution in [0.5, 0.6) is 0 Å². The summed E-state index contributed by atoms with van der Waals surface area (Å²) in [6.07, 6.45) is 7.98. The zero-order valence-corrected chi connectivity index (χ0v) is 15.5. The highest BCUT2D eigenvalue weighted by Gasteiger charge is 2.30. The fourth-order valence-corrected chi connectivity index (χ4v) is 4.85. The van der Waals surface area contributed by atoms with Crippen LogP contribution in [0.2, 0.25) is 0 Å². The second-order valence-electron chi connectivity index (χ2n) is 7.29. The summed E-state index contributed by atoms with van der Waals surface area (Å²) in [5, 5.41) is 8.48. The highest BCUT2D eigenvalue weighted by Crippen LogP contribution is 2.38. The van der Waals surface area contributed by atoms with E-state index in [0.29, 0.717) is 18.8 Å². The van der Waals surface area contributed by atoms with E-state index < -0.39 is 10.0 Å². The summed E-state index contributed by atoms with van der Waals surface area (Å²) in [4.78, 5) is 12.4. The Morgan fingerprint density at radius 1 is 1.12 bits per heavy atom. The van der Waals surface area contributed by atoms with Gasteiger partial charge in [-0.05, 0) is 44.6 Å². The van der Waals surface area contributed by atoms with Gasteiger partial charge in [-0.2, -0.15) is 10.2 Å². The van der Waals surface area contributed by atoms with Gasteiger partial charge in [-0.3, -0.25) is 9.48 Å². The molecule has 0 amide bonds. The van der Waals surface area contributed by atoms with Crippen molar-refractivity contribution in [3.8, 4) is 0 Å². The summed E-state index contributed by atoms with van der Waals surface area (Å²) in [6, 6.07) is 3.36. The predicted octanol–water partition coefficient (Wildman–Crippen LogP) is 1.32. The molecule has 0 spiro atoms. The third kappa shape index (κ3) is 3.59. The van der Waals surface area contributed by atoms with Crippen molar-refractivity contribution in [3.63, 3.8) is 0 Å². The zero-order valence-electron chi connectivity index (χ0n) is 14.7. The van der Waals surface area contributed by atoms with Gasteiger partial charge in [-0.15, -0.1) is 0 Å². The summed E-state index contributed by atoms with van der Waals surface area (Å²) in [7, 11) is -1.87. The molecule has 2 aromatic rings. The van der Waals surface area contributed by atoms with Gasteiger partial charge in [-0.1, -0.05) is 0 Å². The molecule has 2 aromatic heterocycles. The Morgan fingerprint density at radius 3 is 2.46 bits per heavy atom. The maximum absolute atomic E-state index is 12.4. The van der Waals surface area contributed by atoms with Crippen molar-refractivity contribution in [2.45, 2.75) is 61.4 Å². The number of aryl methyl sites for hydroxylation is 1. The van der Waals surface area contributed by atoms with Crippen LogP contribution < -0.4 is 10.3 Å². The number of aromatic nitrogens is 4. The standard InChI is InChI=1S/C17H23N5O3S/c1-21-11-15(10-18-21)26(24,25)20-13-4-6-14(7-5-13)22-17(23)9-8-16(19-22)12-2-3-12/h8-14,20H,2-7H2,1H3. The molecule has 4 rings (SSSR count). The Hall–Kier alpha value is -2.00. The summed E-state index contributed by atoms with van der Waals surface area (Å²) in [5.41, 5.74) is 0.929. The number of sulfonamides is 1. The highest BCUT2D eigenvalue weighted by molar-refractivity contribution is 7.89. The van der Waals surface area contributed by atoms with Crippen LogP contribution in [-0.2, 0) is 17.1 Å². The first-order chi connectivity index (χ1) is 12.4. The SMILES string of the molecule is Cn1cc(S(=O)(=O)NC2CCC(n3nc(C4CC4)ccc3=O)CC2)cn1. The molecule has 0 aliphatic heterocycles. The van der Waals surface area contributed by atoms with Gasteiger partial charge in [0.1, 0.15) is 4.90 Å². The number of nitrogens with zero attached hydrogens (tertiary/aromatic N) is 4. The molecule has 2 aliphatic rings. The average molecular weight is 377 g/mol. The molecule has 26 heavy (non-hydrogen) atoms. The number of nitrogens with one attached hydrogen (secondary N) is 1. The minimum atomic E-state index is -3.56. The normalized spacial score (nSPS) is 23.9. The van der Waals surface area contributed by atoms with Gasteiger partial charge < -0.3 is 0 Å². The molecule has 2 heterocycles. The number of rotatable bonds is 5. The molecule has 9 heteroatoms. The molecule has 8 nitrogen and oxygen atoms in total. The Labute approximate surface area is 152 Å². The molecule has 0 aromatic carbocycles. The molecule has 2 saturated carbocycles. The van der Waals surface area contributed by atoms with Gasteiger partial charge in [0.2, 0.25) is 10.0 Å². The van der Waals surface area contributed by atoms with Crippen molar-refractivity contribution in [2.24, 2.45) is 7.05 Å². The molecular weight excluding hydrogens is 354 g/mol. The minimum Gasteiger partial charge on any atom is -0.274 e. The molecular formula is C17H23N5O3S. The summed E-state index contributed by atoms with van der Waals surface area (Å²) in [5.74, 6) is 0.504. The molecule has 2 fully saturated rings. The van der Waals surface area contributed by atoms with Gasteiger partial charge in [0.25, 0.3) is 5.56 Å². The van der Waals surface area contributed by atoms with E-state index in [2.05, 4.69) is 14.9 Å². The first-order valence-corrected chi connectivity index (χ1v) is 10.5. The lowest BCUT2D eigenvalue weighted by molar-refractivity contribution is 0.284. The zero-order chi connectivity index (χ0) is 18.3. The Bertz CT molecular complexity index is 953. The monoisotopic (exact) mass is 377 g/mol. The van der Waals surface area contributed by atoms with Crippen molar-refractivity contribution in [1.82, 2.24) is 24.3 Å². The van der Waals surface area contributed by atoms with E-state index in [1.165, 1.54) is 17.1 Å². The minimum absolute atomic E-state index is 0.0420. The van der Waals surface area contributed by atoms with Crippen molar-refractivity contribution < 1.29 is 8.42 Å². The first-order valence-electron chi connectivity index (χ1n) is 9.03. The third-order valence-corrected chi connectivity index (χ3v) is 6.67. The van der Waals surface area contributed by atoms with Gasteiger partial charge in [0, 0.05) is 31.3 Å². The predicted molar refractivity (Wildman–Crippen MR) is 95.3 cm³/mol.